The van der Waals surface area contributed by atoms with Gasteiger partial charge in [-0.15, -0.1) is 0 Å². The normalized spacial score (nSPS) is 13.6. The molecule has 0 aromatic rings. The average molecular weight is 913 g/mol. The van der Waals surface area contributed by atoms with Crippen molar-refractivity contribution in [1.82, 2.24) is 5.32 Å². The van der Waals surface area contributed by atoms with E-state index < -0.39 is 18.2 Å². The van der Waals surface area contributed by atoms with Crippen LogP contribution < -0.4 is 5.32 Å². The van der Waals surface area contributed by atoms with Crippen LogP contribution in [0.3, 0.4) is 0 Å². The maximum Gasteiger partial charge on any atom is 0.222 e. The molecule has 3 unspecified atom stereocenters. The van der Waals surface area contributed by atoms with Gasteiger partial charge in [0.15, 0.2) is 0 Å². The van der Waals surface area contributed by atoms with Gasteiger partial charge in [-0.2, -0.15) is 0 Å². The largest absolute Gasteiger partial charge is 0.394 e. The molecule has 0 spiro atoms. The van der Waals surface area contributed by atoms with Crippen LogP contribution in [0.4, 0.5) is 0 Å². The second-order valence-electron chi connectivity index (χ2n) is 19.9. The Morgan fingerprint density at radius 3 is 0.985 bits per heavy atom. The van der Waals surface area contributed by atoms with E-state index in [1.165, 1.54) is 238 Å². The number of aliphatic hydroxyl groups is 3. The molecular formula is C60H113NO4. The third kappa shape index (κ3) is 51.5. The molecule has 0 fully saturated rings. The number of unbranched alkanes of at least 4 members (excludes halogenated alkanes) is 38. The maximum atomic E-state index is 12.5. The fourth-order valence-corrected chi connectivity index (χ4v) is 8.90. The highest BCUT2D eigenvalue weighted by atomic mass is 16.3. The Morgan fingerprint density at radius 2 is 0.662 bits per heavy atom. The molecule has 4 N–H and O–H groups in total. The number of carbonyl (C=O) groups excluding carboxylic acids is 1. The van der Waals surface area contributed by atoms with E-state index in [-0.39, 0.29) is 18.9 Å². The van der Waals surface area contributed by atoms with Crippen LogP contribution in [0.2, 0.25) is 0 Å². The summed E-state index contributed by atoms with van der Waals surface area (Å²) >= 11 is 0. The monoisotopic (exact) mass is 912 g/mol. The molecule has 0 aliphatic rings. The molecule has 0 aromatic heterocycles. The lowest BCUT2D eigenvalue weighted by atomic mass is 10.0. The quantitative estimate of drug-likeness (QED) is 0.0361. The van der Waals surface area contributed by atoms with Gasteiger partial charge in [-0.05, 0) is 70.6 Å². The Bertz CT molecular complexity index is 1050. The van der Waals surface area contributed by atoms with Gasteiger partial charge >= 0.3 is 0 Å². The summed E-state index contributed by atoms with van der Waals surface area (Å²) in [5.41, 5.74) is 0. The SMILES string of the molecule is CCCCCCCCCCCCC/C=C/CC/C=C/CC/C=C/C(O)C(CO)NC(=O)CC(O)CCCCCCCCCCCCCCC/C=C\CCCCCCCCCCCCCC. The van der Waals surface area contributed by atoms with E-state index in [0.717, 1.165) is 38.5 Å². The van der Waals surface area contributed by atoms with Crippen LogP contribution in [0.5, 0.6) is 0 Å². The van der Waals surface area contributed by atoms with Crippen molar-refractivity contribution in [1.29, 1.82) is 0 Å². The van der Waals surface area contributed by atoms with E-state index in [1.807, 2.05) is 6.08 Å². The van der Waals surface area contributed by atoms with E-state index in [0.29, 0.717) is 6.42 Å². The predicted molar refractivity (Wildman–Crippen MR) is 287 cm³/mol. The molecule has 3 atom stereocenters. The van der Waals surface area contributed by atoms with Crippen molar-refractivity contribution in [3.8, 4) is 0 Å². The van der Waals surface area contributed by atoms with Crippen LogP contribution in [-0.2, 0) is 4.79 Å². The van der Waals surface area contributed by atoms with Crippen LogP contribution in [-0.4, -0.2) is 46.1 Å². The number of aliphatic hydroxyl groups excluding tert-OH is 3. The lowest BCUT2D eigenvalue weighted by molar-refractivity contribution is -0.124. The zero-order valence-electron chi connectivity index (χ0n) is 43.6. The molecule has 5 heteroatoms. The average Bonchev–Trinajstić information content (AvgIpc) is 3.30. The predicted octanol–water partition coefficient (Wildman–Crippen LogP) is 18.0. The Hall–Kier alpha value is -1.69. The van der Waals surface area contributed by atoms with Gasteiger partial charge in [-0.3, -0.25) is 4.79 Å². The molecular weight excluding hydrogens is 799 g/mol. The van der Waals surface area contributed by atoms with E-state index >= 15 is 0 Å². The minimum atomic E-state index is -0.961. The number of rotatable bonds is 53. The van der Waals surface area contributed by atoms with E-state index in [2.05, 4.69) is 55.6 Å². The fraction of sp³-hybridized carbons (Fsp3) is 0.850. The summed E-state index contributed by atoms with van der Waals surface area (Å²) in [7, 11) is 0. The number of nitrogens with one attached hydrogen (secondary N) is 1. The van der Waals surface area contributed by atoms with Crippen molar-refractivity contribution >= 4 is 5.91 Å². The van der Waals surface area contributed by atoms with Gasteiger partial charge in [0.2, 0.25) is 5.91 Å². The first-order valence-corrected chi connectivity index (χ1v) is 28.9. The van der Waals surface area contributed by atoms with Crippen molar-refractivity contribution in [2.45, 2.75) is 321 Å². The Labute approximate surface area is 406 Å². The maximum absolute atomic E-state index is 12.5. The molecule has 1 amide bonds. The Kier molecular flexibility index (Phi) is 53.5. The molecule has 0 rings (SSSR count). The molecule has 0 heterocycles. The van der Waals surface area contributed by atoms with E-state index in [1.54, 1.807) is 6.08 Å². The number of hydrogen-bond donors (Lipinski definition) is 4. The molecule has 0 aliphatic carbocycles. The highest BCUT2D eigenvalue weighted by molar-refractivity contribution is 5.76. The zero-order valence-corrected chi connectivity index (χ0v) is 43.6. The highest BCUT2D eigenvalue weighted by Crippen LogP contribution is 2.17. The lowest BCUT2D eigenvalue weighted by Gasteiger charge is -2.21. The van der Waals surface area contributed by atoms with Crippen LogP contribution in [0.1, 0.15) is 303 Å². The summed E-state index contributed by atoms with van der Waals surface area (Å²) in [4.78, 5) is 12.5. The van der Waals surface area contributed by atoms with Gasteiger partial charge in [0.1, 0.15) is 0 Å². The minimum Gasteiger partial charge on any atom is -0.394 e. The molecule has 0 aliphatic heterocycles. The first-order valence-electron chi connectivity index (χ1n) is 28.9. The number of carbonyl (C=O) groups is 1. The standard InChI is InChI=1S/C60H113NO4/c1-3-5-7-9-11-13-15-17-19-21-23-25-26-27-28-29-30-31-32-34-35-37-39-41-43-45-47-49-51-53-57(63)55-60(65)61-58(56-62)59(64)54-52-50-48-46-44-42-40-38-36-33-24-22-20-18-16-14-12-10-8-6-4-2/h27-28,36,38,44,46,52,54,57-59,62-64H,3-26,29-35,37,39-43,45,47-51,53,55-56H2,1-2H3,(H,61,65)/b28-27-,38-36+,46-44+,54-52+. The highest BCUT2D eigenvalue weighted by Gasteiger charge is 2.20. The molecule has 0 saturated heterocycles. The minimum absolute atomic E-state index is 0.00284. The van der Waals surface area contributed by atoms with Gasteiger partial charge in [0.05, 0.1) is 31.3 Å². The first kappa shape index (κ1) is 63.3. The number of hydrogen-bond acceptors (Lipinski definition) is 4. The molecule has 65 heavy (non-hydrogen) atoms. The van der Waals surface area contributed by atoms with E-state index in [9.17, 15) is 20.1 Å². The number of allylic oxidation sites excluding steroid dienone is 7. The van der Waals surface area contributed by atoms with Gasteiger partial charge in [-0.25, -0.2) is 0 Å². The molecule has 382 valence electrons. The van der Waals surface area contributed by atoms with Crippen LogP contribution in [0.25, 0.3) is 0 Å². The second kappa shape index (κ2) is 54.9. The van der Waals surface area contributed by atoms with Gasteiger partial charge in [-0.1, -0.05) is 274 Å². The summed E-state index contributed by atoms with van der Waals surface area (Å²) in [5, 5.41) is 33.4. The van der Waals surface area contributed by atoms with Crippen LogP contribution >= 0.6 is 0 Å². The fourth-order valence-electron chi connectivity index (χ4n) is 8.90. The van der Waals surface area contributed by atoms with Crippen LogP contribution in [0.15, 0.2) is 48.6 Å². The van der Waals surface area contributed by atoms with Crippen molar-refractivity contribution < 1.29 is 20.1 Å². The van der Waals surface area contributed by atoms with Crippen molar-refractivity contribution in [2.75, 3.05) is 6.61 Å². The molecule has 0 aromatic carbocycles. The Balaban J connectivity index is 3.60. The summed E-state index contributed by atoms with van der Waals surface area (Å²) in [6.45, 7) is 4.23. The van der Waals surface area contributed by atoms with Crippen molar-refractivity contribution in [3.63, 3.8) is 0 Å². The number of amides is 1. The molecule has 0 radical (unpaired) electrons. The molecule has 5 nitrogen and oxygen atoms in total. The summed E-state index contributed by atoms with van der Waals surface area (Å²) in [6, 6.07) is -0.769. The van der Waals surface area contributed by atoms with E-state index in [4.69, 9.17) is 0 Å². The second-order valence-corrected chi connectivity index (χ2v) is 19.9. The Morgan fingerprint density at radius 1 is 0.385 bits per heavy atom. The van der Waals surface area contributed by atoms with Gasteiger partial charge in [0.25, 0.3) is 0 Å². The topological polar surface area (TPSA) is 89.8 Å². The molecule has 0 bridgehead atoms. The summed E-state index contributed by atoms with van der Waals surface area (Å²) < 4.78 is 0. The van der Waals surface area contributed by atoms with Gasteiger partial charge < -0.3 is 20.6 Å². The van der Waals surface area contributed by atoms with Crippen molar-refractivity contribution in [3.05, 3.63) is 48.6 Å². The zero-order chi connectivity index (χ0) is 47.2. The molecule has 0 saturated carbocycles. The lowest BCUT2D eigenvalue weighted by Crippen LogP contribution is -2.45. The van der Waals surface area contributed by atoms with Gasteiger partial charge in [0, 0.05) is 0 Å². The third-order valence-electron chi connectivity index (χ3n) is 13.3. The third-order valence-corrected chi connectivity index (χ3v) is 13.3. The smallest absolute Gasteiger partial charge is 0.222 e. The summed E-state index contributed by atoms with van der Waals surface area (Å²) in [6.07, 6.45) is 73.1. The van der Waals surface area contributed by atoms with Crippen LogP contribution in [0, 0.1) is 0 Å². The first-order chi connectivity index (χ1) is 32.0. The van der Waals surface area contributed by atoms with Crippen molar-refractivity contribution in [2.24, 2.45) is 0 Å². The summed E-state index contributed by atoms with van der Waals surface area (Å²) in [5.74, 6) is -0.327.